The number of nitrogens with one attached hydrogen (secondary N) is 1. The van der Waals surface area contributed by atoms with Gasteiger partial charge < -0.3 is 10.4 Å². The standard InChI is InChI=1S/C20H20F3NO3/c1-12-4-3-5-13(2)16(12)11-17(19(26)27)24-18(25)10-14-6-8-15(9-7-14)20(21,22)23/h3-9,17H,10-11H2,1-2H3,(H,24,25)(H,26,27)/t17-/m0/s1. The van der Waals surface area contributed by atoms with Crippen LogP contribution in [-0.4, -0.2) is 23.0 Å². The number of hydrogen-bond donors (Lipinski definition) is 2. The van der Waals surface area contributed by atoms with Crippen molar-refractivity contribution in [2.24, 2.45) is 0 Å². The van der Waals surface area contributed by atoms with E-state index in [4.69, 9.17) is 0 Å². The van der Waals surface area contributed by atoms with Gasteiger partial charge in [-0.05, 0) is 48.2 Å². The first kappa shape index (κ1) is 20.5. The highest BCUT2D eigenvalue weighted by molar-refractivity contribution is 5.85. The van der Waals surface area contributed by atoms with Crippen LogP contribution < -0.4 is 5.32 Å². The van der Waals surface area contributed by atoms with Crippen molar-refractivity contribution in [3.63, 3.8) is 0 Å². The van der Waals surface area contributed by atoms with Crippen LogP contribution in [0.5, 0.6) is 0 Å². The van der Waals surface area contributed by atoms with Crippen LogP contribution in [0.1, 0.15) is 27.8 Å². The van der Waals surface area contributed by atoms with Gasteiger partial charge in [0.05, 0.1) is 12.0 Å². The zero-order chi connectivity index (χ0) is 20.2. The fourth-order valence-corrected chi connectivity index (χ4v) is 2.82. The van der Waals surface area contributed by atoms with Crippen molar-refractivity contribution in [1.29, 1.82) is 0 Å². The Bertz CT molecular complexity index is 809. The number of benzene rings is 2. The van der Waals surface area contributed by atoms with E-state index in [1.54, 1.807) is 0 Å². The molecule has 0 unspecified atom stereocenters. The summed E-state index contributed by atoms with van der Waals surface area (Å²) in [5.41, 5.74) is 2.28. The van der Waals surface area contributed by atoms with Crippen LogP contribution in [0, 0.1) is 13.8 Å². The minimum atomic E-state index is -4.44. The number of carbonyl (C=O) groups is 2. The number of hydrogen-bond acceptors (Lipinski definition) is 2. The van der Waals surface area contributed by atoms with E-state index >= 15 is 0 Å². The van der Waals surface area contributed by atoms with Crippen molar-refractivity contribution in [3.05, 3.63) is 70.3 Å². The van der Waals surface area contributed by atoms with Gasteiger partial charge >= 0.3 is 12.1 Å². The second-order valence-corrected chi connectivity index (χ2v) is 6.40. The van der Waals surface area contributed by atoms with Crippen LogP contribution in [0.4, 0.5) is 13.2 Å². The van der Waals surface area contributed by atoms with Crippen LogP contribution in [0.25, 0.3) is 0 Å². The highest BCUT2D eigenvalue weighted by Gasteiger charge is 2.30. The molecule has 2 N–H and O–H groups in total. The molecule has 0 aromatic heterocycles. The molecule has 27 heavy (non-hydrogen) atoms. The Morgan fingerprint density at radius 2 is 1.59 bits per heavy atom. The van der Waals surface area contributed by atoms with Crippen molar-refractivity contribution < 1.29 is 27.9 Å². The number of alkyl halides is 3. The van der Waals surface area contributed by atoms with Crippen molar-refractivity contribution in [1.82, 2.24) is 5.32 Å². The van der Waals surface area contributed by atoms with E-state index < -0.39 is 29.7 Å². The van der Waals surface area contributed by atoms with Gasteiger partial charge in [-0.15, -0.1) is 0 Å². The number of carboxylic acids is 1. The first-order valence-corrected chi connectivity index (χ1v) is 8.31. The van der Waals surface area contributed by atoms with Crippen molar-refractivity contribution in [2.75, 3.05) is 0 Å². The molecule has 144 valence electrons. The molecule has 2 aromatic rings. The highest BCUT2D eigenvalue weighted by atomic mass is 19.4. The van der Waals surface area contributed by atoms with Gasteiger partial charge in [0.15, 0.2) is 0 Å². The second-order valence-electron chi connectivity index (χ2n) is 6.40. The Morgan fingerprint density at radius 3 is 2.07 bits per heavy atom. The number of amides is 1. The van der Waals surface area contributed by atoms with Crippen LogP contribution in [-0.2, 0) is 28.6 Å². The SMILES string of the molecule is Cc1cccc(C)c1C[C@H](NC(=O)Cc1ccc(C(F)(F)F)cc1)C(=O)O. The predicted molar refractivity (Wildman–Crippen MR) is 94.3 cm³/mol. The third kappa shape index (κ3) is 5.57. The minimum Gasteiger partial charge on any atom is -0.480 e. The van der Waals surface area contributed by atoms with Gasteiger partial charge in [0.1, 0.15) is 6.04 Å². The maximum Gasteiger partial charge on any atom is 0.416 e. The van der Waals surface area contributed by atoms with Gasteiger partial charge in [-0.3, -0.25) is 4.79 Å². The summed E-state index contributed by atoms with van der Waals surface area (Å²) in [6.45, 7) is 3.73. The molecular weight excluding hydrogens is 359 g/mol. The van der Waals surface area contributed by atoms with E-state index in [1.165, 1.54) is 12.1 Å². The molecule has 1 amide bonds. The molecule has 2 rings (SSSR count). The number of carboxylic acid groups (broad SMARTS) is 1. The molecule has 2 aromatic carbocycles. The zero-order valence-corrected chi connectivity index (χ0v) is 14.9. The topological polar surface area (TPSA) is 66.4 Å². The largest absolute Gasteiger partial charge is 0.480 e. The Morgan fingerprint density at radius 1 is 1.04 bits per heavy atom. The minimum absolute atomic E-state index is 0.132. The van der Waals surface area contributed by atoms with E-state index in [0.717, 1.165) is 28.8 Å². The van der Waals surface area contributed by atoms with Crippen LogP contribution in [0.15, 0.2) is 42.5 Å². The fourth-order valence-electron chi connectivity index (χ4n) is 2.82. The molecule has 0 aliphatic heterocycles. The van der Waals surface area contributed by atoms with Crippen molar-refractivity contribution in [2.45, 2.75) is 38.9 Å². The number of aryl methyl sites for hydroxylation is 2. The first-order valence-electron chi connectivity index (χ1n) is 8.31. The van der Waals surface area contributed by atoms with Gasteiger partial charge in [-0.1, -0.05) is 30.3 Å². The third-order valence-corrected chi connectivity index (χ3v) is 4.33. The van der Waals surface area contributed by atoms with E-state index in [0.29, 0.717) is 5.56 Å². The smallest absolute Gasteiger partial charge is 0.416 e. The van der Waals surface area contributed by atoms with Gasteiger partial charge in [-0.25, -0.2) is 4.79 Å². The lowest BCUT2D eigenvalue weighted by Crippen LogP contribution is -2.43. The van der Waals surface area contributed by atoms with Crippen molar-refractivity contribution >= 4 is 11.9 Å². The molecule has 0 aliphatic carbocycles. The Kier molecular flexibility index (Phi) is 6.25. The monoisotopic (exact) mass is 379 g/mol. The number of aliphatic carboxylic acids is 1. The average Bonchev–Trinajstić information content (AvgIpc) is 2.56. The van der Waals surface area contributed by atoms with E-state index in [-0.39, 0.29) is 12.8 Å². The summed E-state index contributed by atoms with van der Waals surface area (Å²) in [7, 11) is 0. The molecule has 0 aliphatic rings. The zero-order valence-electron chi connectivity index (χ0n) is 14.9. The summed E-state index contributed by atoms with van der Waals surface area (Å²) in [5, 5.41) is 11.9. The second kappa shape index (κ2) is 8.24. The average molecular weight is 379 g/mol. The number of halogens is 3. The molecule has 0 saturated carbocycles. The molecule has 0 bridgehead atoms. The Balaban J connectivity index is 2.06. The molecule has 0 radical (unpaired) electrons. The Hall–Kier alpha value is -2.83. The number of rotatable bonds is 6. The van der Waals surface area contributed by atoms with Gasteiger partial charge in [0.25, 0.3) is 0 Å². The van der Waals surface area contributed by atoms with E-state index in [1.807, 2.05) is 32.0 Å². The van der Waals surface area contributed by atoms with Gasteiger partial charge in [-0.2, -0.15) is 13.2 Å². The fraction of sp³-hybridized carbons (Fsp3) is 0.300. The maximum absolute atomic E-state index is 12.6. The molecule has 0 heterocycles. The van der Waals surface area contributed by atoms with Crippen LogP contribution in [0.2, 0.25) is 0 Å². The lowest BCUT2D eigenvalue weighted by Gasteiger charge is -2.17. The Labute approximate surface area is 155 Å². The predicted octanol–water partition coefficient (Wildman–Crippen LogP) is 3.68. The molecule has 7 heteroatoms. The van der Waals surface area contributed by atoms with E-state index in [2.05, 4.69) is 5.32 Å². The molecule has 4 nitrogen and oxygen atoms in total. The lowest BCUT2D eigenvalue weighted by molar-refractivity contribution is -0.141. The van der Waals surface area contributed by atoms with Crippen LogP contribution in [0.3, 0.4) is 0 Å². The molecule has 1 atom stereocenters. The quantitative estimate of drug-likeness (QED) is 0.805. The summed E-state index contributed by atoms with van der Waals surface area (Å²) in [4.78, 5) is 23.7. The van der Waals surface area contributed by atoms with Gasteiger partial charge in [0.2, 0.25) is 5.91 Å². The molecular formula is C20H20F3NO3. The normalized spacial score (nSPS) is 12.5. The summed E-state index contributed by atoms with van der Waals surface area (Å²) in [6, 6.07) is 8.70. The summed E-state index contributed by atoms with van der Waals surface area (Å²) >= 11 is 0. The lowest BCUT2D eigenvalue weighted by atomic mass is 9.96. The first-order chi connectivity index (χ1) is 12.6. The summed E-state index contributed by atoms with van der Waals surface area (Å²) < 4.78 is 37.7. The van der Waals surface area contributed by atoms with E-state index in [9.17, 15) is 27.9 Å². The number of carbonyl (C=O) groups excluding carboxylic acids is 1. The summed E-state index contributed by atoms with van der Waals surface area (Å²) in [6.07, 6.45) is -4.51. The highest BCUT2D eigenvalue weighted by Crippen LogP contribution is 2.29. The summed E-state index contributed by atoms with van der Waals surface area (Å²) in [5.74, 6) is -1.73. The molecule has 0 fully saturated rings. The van der Waals surface area contributed by atoms with Crippen molar-refractivity contribution in [3.8, 4) is 0 Å². The van der Waals surface area contributed by atoms with Gasteiger partial charge in [0, 0.05) is 6.42 Å². The third-order valence-electron chi connectivity index (χ3n) is 4.33. The molecule has 0 saturated heterocycles. The van der Waals surface area contributed by atoms with Crippen LogP contribution >= 0.6 is 0 Å². The maximum atomic E-state index is 12.6. The molecule has 0 spiro atoms.